The van der Waals surface area contributed by atoms with Crippen LogP contribution in [-0.4, -0.2) is 28.3 Å². The van der Waals surface area contributed by atoms with Crippen molar-refractivity contribution in [1.82, 2.24) is 15.3 Å². The second-order valence-electron chi connectivity index (χ2n) is 6.22. The topological polar surface area (TPSA) is 37.8 Å². The third kappa shape index (κ3) is 4.68. The zero-order valence-corrected chi connectivity index (χ0v) is 14.7. The highest BCUT2D eigenvalue weighted by Crippen LogP contribution is 2.30. The SMILES string of the molecule is CCCNC(CSc1nc(C)c(C)c(C)n1)C1CCCC1. The number of aromatic nitrogens is 2. The van der Waals surface area contributed by atoms with Crippen molar-refractivity contribution < 1.29 is 0 Å². The van der Waals surface area contributed by atoms with Gasteiger partial charge in [-0.1, -0.05) is 31.5 Å². The molecule has 1 aliphatic carbocycles. The van der Waals surface area contributed by atoms with Gasteiger partial charge in [0.1, 0.15) is 0 Å². The van der Waals surface area contributed by atoms with Gasteiger partial charge in [0.05, 0.1) is 0 Å². The molecule has 1 unspecified atom stereocenters. The summed E-state index contributed by atoms with van der Waals surface area (Å²) < 4.78 is 0. The molecule has 1 heterocycles. The maximum absolute atomic E-state index is 4.64. The molecule has 118 valence electrons. The minimum absolute atomic E-state index is 0.614. The van der Waals surface area contributed by atoms with Gasteiger partial charge in [-0.2, -0.15) is 0 Å². The Balaban J connectivity index is 1.97. The molecule has 0 amide bonds. The Labute approximate surface area is 133 Å². The molecule has 1 aliphatic rings. The van der Waals surface area contributed by atoms with E-state index in [1.54, 1.807) is 0 Å². The summed E-state index contributed by atoms with van der Waals surface area (Å²) in [7, 11) is 0. The van der Waals surface area contributed by atoms with Crippen LogP contribution in [0.5, 0.6) is 0 Å². The van der Waals surface area contributed by atoms with Crippen LogP contribution in [0.15, 0.2) is 5.16 Å². The zero-order valence-electron chi connectivity index (χ0n) is 13.9. The van der Waals surface area contributed by atoms with Crippen LogP contribution < -0.4 is 5.32 Å². The van der Waals surface area contributed by atoms with Gasteiger partial charge in [-0.3, -0.25) is 0 Å². The lowest BCUT2D eigenvalue weighted by Crippen LogP contribution is -2.37. The Morgan fingerprint density at radius 1 is 1.14 bits per heavy atom. The lowest BCUT2D eigenvalue weighted by molar-refractivity contribution is 0.387. The van der Waals surface area contributed by atoms with E-state index in [0.29, 0.717) is 6.04 Å². The average Bonchev–Trinajstić information content (AvgIpc) is 2.98. The van der Waals surface area contributed by atoms with Crippen LogP contribution in [0.2, 0.25) is 0 Å². The molecule has 1 N–H and O–H groups in total. The van der Waals surface area contributed by atoms with E-state index in [2.05, 4.69) is 43.0 Å². The van der Waals surface area contributed by atoms with Gasteiger partial charge in [0.25, 0.3) is 0 Å². The monoisotopic (exact) mass is 307 g/mol. The molecular weight excluding hydrogens is 278 g/mol. The molecule has 1 fully saturated rings. The first-order valence-electron chi connectivity index (χ1n) is 8.29. The minimum atomic E-state index is 0.614. The summed E-state index contributed by atoms with van der Waals surface area (Å²) in [6.07, 6.45) is 6.77. The number of nitrogens with one attached hydrogen (secondary N) is 1. The maximum Gasteiger partial charge on any atom is 0.188 e. The molecule has 21 heavy (non-hydrogen) atoms. The quantitative estimate of drug-likeness (QED) is 0.609. The molecule has 0 saturated heterocycles. The second-order valence-corrected chi connectivity index (χ2v) is 7.21. The van der Waals surface area contributed by atoms with Crippen LogP contribution in [-0.2, 0) is 0 Å². The highest BCUT2D eigenvalue weighted by atomic mass is 32.2. The molecule has 1 aromatic heterocycles. The number of rotatable bonds is 7. The van der Waals surface area contributed by atoms with Crippen LogP contribution in [0.4, 0.5) is 0 Å². The highest BCUT2D eigenvalue weighted by Gasteiger charge is 2.24. The summed E-state index contributed by atoms with van der Waals surface area (Å²) in [5.74, 6) is 1.93. The van der Waals surface area contributed by atoms with E-state index in [0.717, 1.165) is 34.8 Å². The van der Waals surface area contributed by atoms with Gasteiger partial charge in [0, 0.05) is 23.2 Å². The Morgan fingerprint density at radius 3 is 2.33 bits per heavy atom. The van der Waals surface area contributed by atoms with E-state index in [1.165, 1.54) is 37.7 Å². The van der Waals surface area contributed by atoms with Crippen molar-refractivity contribution in [2.75, 3.05) is 12.3 Å². The van der Waals surface area contributed by atoms with Crippen LogP contribution in [0.1, 0.15) is 56.0 Å². The molecule has 0 spiro atoms. The van der Waals surface area contributed by atoms with E-state index in [4.69, 9.17) is 0 Å². The van der Waals surface area contributed by atoms with Crippen LogP contribution in [0, 0.1) is 26.7 Å². The summed E-state index contributed by atoms with van der Waals surface area (Å²) >= 11 is 1.82. The maximum atomic E-state index is 4.64. The minimum Gasteiger partial charge on any atom is -0.313 e. The van der Waals surface area contributed by atoms with E-state index in [1.807, 2.05) is 11.8 Å². The van der Waals surface area contributed by atoms with Crippen LogP contribution >= 0.6 is 11.8 Å². The second kappa shape index (κ2) is 8.14. The predicted octanol–water partition coefficient (Wildman–Crippen LogP) is 4.05. The fourth-order valence-corrected chi connectivity index (χ4v) is 4.14. The summed E-state index contributed by atoms with van der Waals surface area (Å²) in [6.45, 7) is 9.62. The molecule has 0 bridgehead atoms. The van der Waals surface area contributed by atoms with Crippen molar-refractivity contribution in [3.8, 4) is 0 Å². The van der Waals surface area contributed by atoms with Gasteiger partial charge < -0.3 is 5.32 Å². The smallest absolute Gasteiger partial charge is 0.188 e. The number of hydrogen-bond donors (Lipinski definition) is 1. The lowest BCUT2D eigenvalue weighted by atomic mass is 10.00. The van der Waals surface area contributed by atoms with E-state index < -0.39 is 0 Å². The Bertz CT molecular complexity index is 432. The van der Waals surface area contributed by atoms with Crippen molar-refractivity contribution in [3.05, 3.63) is 17.0 Å². The normalized spacial score (nSPS) is 17.3. The molecule has 1 atom stereocenters. The highest BCUT2D eigenvalue weighted by molar-refractivity contribution is 7.99. The number of thioether (sulfide) groups is 1. The van der Waals surface area contributed by atoms with Crippen molar-refractivity contribution in [1.29, 1.82) is 0 Å². The van der Waals surface area contributed by atoms with Gasteiger partial charge >= 0.3 is 0 Å². The Hall–Kier alpha value is -0.610. The largest absolute Gasteiger partial charge is 0.313 e. The molecule has 0 aromatic carbocycles. The molecule has 1 saturated carbocycles. The number of nitrogens with zero attached hydrogens (tertiary/aromatic N) is 2. The van der Waals surface area contributed by atoms with Gasteiger partial charge in [-0.15, -0.1) is 0 Å². The van der Waals surface area contributed by atoms with Gasteiger partial charge in [0.2, 0.25) is 0 Å². The summed E-state index contributed by atoms with van der Waals surface area (Å²) in [4.78, 5) is 9.27. The van der Waals surface area contributed by atoms with Crippen LogP contribution in [0.3, 0.4) is 0 Å². The molecule has 4 heteroatoms. The fraction of sp³-hybridized carbons (Fsp3) is 0.765. The molecule has 1 aromatic rings. The van der Waals surface area contributed by atoms with Crippen molar-refractivity contribution in [3.63, 3.8) is 0 Å². The first kappa shape index (κ1) is 16.8. The summed E-state index contributed by atoms with van der Waals surface area (Å²) in [6, 6.07) is 0.614. The average molecular weight is 308 g/mol. The molecule has 2 rings (SSSR count). The van der Waals surface area contributed by atoms with Gasteiger partial charge in [-0.25, -0.2) is 9.97 Å². The fourth-order valence-electron chi connectivity index (χ4n) is 3.02. The summed E-state index contributed by atoms with van der Waals surface area (Å²) in [5, 5.41) is 4.69. The number of aryl methyl sites for hydroxylation is 2. The predicted molar refractivity (Wildman–Crippen MR) is 91.0 cm³/mol. The third-order valence-corrected chi connectivity index (χ3v) is 5.60. The van der Waals surface area contributed by atoms with Gasteiger partial charge in [0.15, 0.2) is 5.16 Å². The Morgan fingerprint density at radius 2 is 1.76 bits per heavy atom. The van der Waals surface area contributed by atoms with E-state index in [-0.39, 0.29) is 0 Å². The lowest BCUT2D eigenvalue weighted by Gasteiger charge is -2.24. The zero-order chi connectivity index (χ0) is 15.2. The third-order valence-electron chi connectivity index (χ3n) is 4.63. The van der Waals surface area contributed by atoms with Gasteiger partial charge in [-0.05, 0) is 58.1 Å². The van der Waals surface area contributed by atoms with Crippen LogP contribution in [0.25, 0.3) is 0 Å². The summed E-state index contributed by atoms with van der Waals surface area (Å²) in [5.41, 5.74) is 3.45. The molecule has 3 nitrogen and oxygen atoms in total. The molecule has 0 aliphatic heterocycles. The van der Waals surface area contributed by atoms with E-state index >= 15 is 0 Å². The van der Waals surface area contributed by atoms with Crippen molar-refractivity contribution >= 4 is 11.8 Å². The van der Waals surface area contributed by atoms with E-state index in [9.17, 15) is 0 Å². The molecular formula is C17H29N3S. The van der Waals surface area contributed by atoms with Crippen molar-refractivity contribution in [2.45, 2.75) is 71.0 Å². The Kier molecular flexibility index (Phi) is 6.49. The first-order valence-corrected chi connectivity index (χ1v) is 9.28. The molecule has 0 radical (unpaired) electrons. The van der Waals surface area contributed by atoms with Crippen molar-refractivity contribution in [2.24, 2.45) is 5.92 Å². The first-order chi connectivity index (χ1) is 10.1. The standard InChI is InChI=1S/C17H29N3S/c1-5-10-18-16(15-8-6-7-9-15)11-21-17-19-13(3)12(2)14(4)20-17/h15-16,18H,5-11H2,1-4H3. The number of hydrogen-bond acceptors (Lipinski definition) is 4.